The van der Waals surface area contributed by atoms with Crippen LogP contribution in [-0.4, -0.2) is 10.9 Å². The van der Waals surface area contributed by atoms with Gasteiger partial charge in [0, 0.05) is 11.3 Å². The lowest BCUT2D eigenvalue weighted by atomic mass is 10.1. The van der Waals surface area contributed by atoms with Crippen LogP contribution in [0.4, 0.5) is 5.69 Å². The summed E-state index contributed by atoms with van der Waals surface area (Å²) in [6.45, 7) is 5.83. The molecule has 1 heterocycles. The number of hydrogen-bond acceptors (Lipinski definition) is 2. The van der Waals surface area contributed by atoms with Gasteiger partial charge in [0.15, 0.2) is 0 Å². The fourth-order valence-corrected chi connectivity index (χ4v) is 1.99. The zero-order valence-electron chi connectivity index (χ0n) is 10.8. The van der Waals surface area contributed by atoms with Gasteiger partial charge < -0.3 is 5.32 Å². The van der Waals surface area contributed by atoms with Gasteiger partial charge in [0.25, 0.3) is 5.91 Å². The van der Waals surface area contributed by atoms with Crippen molar-refractivity contribution >= 4 is 11.6 Å². The summed E-state index contributed by atoms with van der Waals surface area (Å²) >= 11 is 0. The van der Waals surface area contributed by atoms with Crippen molar-refractivity contribution in [2.45, 2.75) is 20.8 Å². The Bertz CT molecular complexity index is 553. The number of carbonyl (C=O) groups is 1. The second kappa shape index (κ2) is 5.00. The molecule has 1 aromatic carbocycles. The van der Waals surface area contributed by atoms with Gasteiger partial charge in [0.2, 0.25) is 0 Å². The molecule has 0 unspecified atom stereocenters. The van der Waals surface area contributed by atoms with Crippen molar-refractivity contribution in [3.05, 3.63) is 58.9 Å². The van der Waals surface area contributed by atoms with E-state index in [1.165, 1.54) is 0 Å². The SMILES string of the molecule is Cc1cc(C)c(NC(=O)c2ccccc2)c(C)n1. The Morgan fingerprint density at radius 2 is 1.78 bits per heavy atom. The van der Waals surface area contributed by atoms with E-state index in [2.05, 4.69) is 10.3 Å². The Hall–Kier alpha value is -2.16. The van der Waals surface area contributed by atoms with Gasteiger partial charge in [0.05, 0.1) is 11.4 Å². The van der Waals surface area contributed by atoms with Gasteiger partial charge in [-0.05, 0) is 44.5 Å². The highest BCUT2D eigenvalue weighted by Gasteiger charge is 2.10. The predicted octanol–water partition coefficient (Wildman–Crippen LogP) is 3.26. The van der Waals surface area contributed by atoms with Crippen LogP contribution < -0.4 is 5.32 Å². The summed E-state index contributed by atoms with van der Waals surface area (Å²) in [7, 11) is 0. The van der Waals surface area contributed by atoms with E-state index in [1.54, 1.807) is 12.1 Å². The quantitative estimate of drug-likeness (QED) is 0.875. The number of carbonyl (C=O) groups excluding carboxylic acids is 1. The molecule has 0 radical (unpaired) electrons. The Kier molecular flexibility index (Phi) is 3.42. The second-order valence-electron chi connectivity index (χ2n) is 4.36. The molecule has 0 aliphatic heterocycles. The number of nitrogens with zero attached hydrogens (tertiary/aromatic N) is 1. The van der Waals surface area contributed by atoms with E-state index in [0.717, 1.165) is 22.6 Å². The molecule has 0 atom stereocenters. The summed E-state index contributed by atoms with van der Waals surface area (Å²) in [6.07, 6.45) is 0. The third-order valence-electron chi connectivity index (χ3n) is 2.80. The first-order valence-electron chi connectivity index (χ1n) is 5.89. The van der Waals surface area contributed by atoms with E-state index >= 15 is 0 Å². The van der Waals surface area contributed by atoms with Gasteiger partial charge in [0.1, 0.15) is 0 Å². The molecular formula is C15H16N2O. The summed E-state index contributed by atoms with van der Waals surface area (Å²) in [5.74, 6) is -0.104. The monoisotopic (exact) mass is 240 g/mol. The Balaban J connectivity index is 2.28. The van der Waals surface area contributed by atoms with E-state index in [9.17, 15) is 4.79 Å². The fraction of sp³-hybridized carbons (Fsp3) is 0.200. The molecule has 0 aliphatic rings. The average molecular weight is 240 g/mol. The number of benzene rings is 1. The van der Waals surface area contributed by atoms with E-state index in [0.29, 0.717) is 5.56 Å². The van der Waals surface area contributed by atoms with Crippen LogP contribution in [-0.2, 0) is 0 Å². The minimum atomic E-state index is -0.104. The van der Waals surface area contributed by atoms with Crippen LogP contribution >= 0.6 is 0 Å². The number of aryl methyl sites for hydroxylation is 3. The van der Waals surface area contributed by atoms with Crippen molar-refractivity contribution in [3.8, 4) is 0 Å². The van der Waals surface area contributed by atoms with Crippen molar-refractivity contribution in [1.82, 2.24) is 4.98 Å². The van der Waals surface area contributed by atoms with Crippen molar-refractivity contribution in [1.29, 1.82) is 0 Å². The lowest BCUT2D eigenvalue weighted by molar-refractivity contribution is 0.102. The smallest absolute Gasteiger partial charge is 0.255 e. The molecular weight excluding hydrogens is 224 g/mol. The zero-order chi connectivity index (χ0) is 13.1. The van der Waals surface area contributed by atoms with Crippen LogP contribution in [0.2, 0.25) is 0 Å². The van der Waals surface area contributed by atoms with Crippen LogP contribution in [0.5, 0.6) is 0 Å². The van der Waals surface area contributed by atoms with Gasteiger partial charge >= 0.3 is 0 Å². The molecule has 1 amide bonds. The van der Waals surface area contributed by atoms with Gasteiger partial charge in [-0.2, -0.15) is 0 Å². The minimum Gasteiger partial charge on any atom is -0.320 e. The van der Waals surface area contributed by atoms with Crippen molar-refractivity contribution in [2.75, 3.05) is 5.32 Å². The van der Waals surface area contributed by atoms with Gasteiger partial charge in [-0.3, -0.25) is 9.78 Å². The number of aromatic nitrogens is 1. The number of pyridine rings is 1. The molecule has 2 aromatic rings. The highest BCUT2D eigenvalue weighted by atomic mass is 16.1. The zero-order valence-corrected chi connectivity index (χ0v) is 10.8. The third-order valence-corrected chi connectivity index (χ3v) is 2.80. The molecule has 3 nitrogen and oxygen atoms in total. The normalized spacial score (nSPS) is 10.2. The first-order valence-corrected chi connectivity index (χ1v) is 5.89. The minimum absolute atomic E-state index is 0.104. The number of amides is 1. The van der Waals surface area contributed by atoms with Crippen LogP contribution in [0.25, 0.3) is 0 Å². The average Bonchev–Trinajstić information content (AvgIpc) is 2.34. The van der Waals surface area contributed by atoms with E-state index in [-0.39, 0.29) is 5.91 Å². The van der Waals surface area contributed by atoms with Crippen LogP contribution in [0, 0.1) is 20.8 Å². The predicted molar refractivity (Wildman–Crippen MR) is 72.8 cm³/mol. The molecule has 0 spiro atoms. The fourth-order valence-electron chi connectivity index (χ4n) is 1.99. The molecule has 3 heteroatoms. The number of hydrogen-bond donors (Lipinski definition) is 1. The molecule has 1 N–H and O–H groups in total. The summed E-state index contributed by atoms with van der Waals surface area (Å²) in [5.41, 5.74) is 4.29. The molecule has 0 saturated heterocycles. The third kappa shape index (κ3) is 2.56. The molecule has 2 rings (SSSR count). The standard InChI is InChI=1S/C15H16N2O/c1-10-9-11(2)16-12(3)14(10)17-15(18)13-7-5-4-6-8-13/h4-9H,1-3H3,(H,17,18). The molecule has 0 bridgehead atoms. The molecule has 92 valence electrons. The van der Waals surface area contributed by atoms with Gasteiger partial charge in [-0.1, -0.05) is 18.2 Å². The maximum absolute atomic E-state index is 12.1. The van der Waals surface area contributed by atoms with E-state index in [4.69, 9.17) is 0 Å². The lowest BCUT2D eigenvalue weighted by Gasteiger charge is -2.11. The first-order chi connectivity index (χ1) is 8.58. The van der Waals surface area contributed by atoms with Crippen LogP contribution in [0.1, 0.15) is 27.3 Å². The topological polar surface area (TPSA) is 42.0 Å². The number of rotatable bonds is 2. The van der Waals surface area contributed by atoms with Crippen molar-refractivity contribution in [3.63, 3.8) is 0 Å². The molecule has 0 aliphatic carbocycles. The van der Waals surface area contributed by atoms with Gasteiger partial charge in [-0.15, -0.1) is 0 Å². The van der Waals surface area contributed by atoms with Gasteiger partial charge in [-0.25, -0.2) is 0 Å². The van der Waals surface area contributed by atoms with Crippen molar-refractivity contribution in [2.24, 2.45) is 0 Å². The Labute approximate surface area is 107 Å². The van der Waals surface area contributed by atoms with Crippen LogP contribution in [0.15, 0.2) is 36.4 Å². The maximum Gasteiger partial charge on any atom is 0.255 e. The maximum atomic E-state index is 12.1. The number of anilines is 1. The Morgan fingerprint density at radius 1 is 1.11 bits per heavy atom. The van der Waals surface area contributed by atoms with Crippen molar-refractivity contribution < 1.29 is 4.79 Å². The van der Waals surface area contributed by atoms with E-state index < -0.39 is 0 Å². The second-order valence-corrected chi connectivity index (χ2v) is 4.36. The molecule has 18 heavy (non-hydrogen) atoms. The highest BCUT2D eigenvalue weighted by Crippen LogP contribution is 2.19. The Morgan fingerprint density at radius 3 is 2.39 bits per heavy atom. The van der Waals surface area contributed by atoms with Crippen LogP contribution in [0.3, 0.4) is 0 Å². The lowest BCUT2D eigenvalue weighted by Crippen LogP contribution is -2.14. The first kappa shape index (κ1) is 12.3. The summed E-state index contributed by atoms with van der Waals surface area (Å²) < 4.78 is 0. The number of nitrogens with one attached hydrogen (secondary N) is 1. The van der Waals surface area contributed by atoms with E-state index in [1.807, 2.05) is 45.0 Å². The highest BCUT2D eigenvalue weighted by molar-refractivity contribution is 6.04. The molecule has 0 fully saturated rings. The molecule has 1 aromatic heterocycles. The summed E-state index contributed by atoms with van der Waals surface area (Å²) in [5, 5.41) is 2.92. The largest absolute Gasteiger partial charge is 0.320 e. The summed E-state index contributed by atoms with van der Waals surface area (Å²) in [4.78, 5) is 16.4. The summed E-state index contributed by atoms with van der Waals surface area (Å²) in [6, 6.07) is 11.1. The molecule has 0 saturated carbocycles.